The average molecular weight is 937 g/mol. The van der Waals surface area contributed by atoms with Gasteiger partial charge in [0.05, 0.1) is 32.0 Å². The molecule has 3 unspecified atom stereocenters. The van der Waals surface area contributed by atoms with Crippen LogP contribution in [0.1, 0.15) is 168 Å². The first-order chi connectivity index (χ1) is 30.2. The van der Waals surface area contributed by atoms with Gasteiger partial charge in [-0.15, -0.1) is 0 Å². The maximum atomic E-state index is 12.7. The summed E-state index contributed by atoms with van der Waals surface area (Å²) in [6, 6.07) is 0. The first-order valence-corrected chi connectivity index (χ1v) is 26.2. The zero-order valence-electron chi connectivity index (χ0n) is 38.1. The van der Waals surface area contributed by atoms with Crippen LogP contribution >= 0.6 is 15.6 Å². The highest BCUT2D eigenvalue weighted by molar-refractivity contribution is 7.47. The quantitative estimate of drug-likeness (QED) is 0.0144. The van der Waals surface area contributed by atoms with Crippen molar-refractivity contribution in [3.8, 4) is 0 Å². The molecule has 0 aliphatic rings. The maximum Gasteiger partial charge on any atom is 0.472 e. The number of esters is 2. The number of unbranched alkanes of at least 4 members (excludes halogenated alkanes) is 13. The molecular formula is C46H82O15P2. The van der Waals surface area contributed by atoms with Crippen LogP contribution in [0, 0.1) is 0 Å². The molecule has 0 heterocycles. The van der Waals surface area contributed by atoms with Crippen LogP contribution in [0.4, 0.5) is 0 Å². The smallest absolute Gasteiger partial charge is 0.462 e. The average Bonchev–Trinajstić information content (AvgIpc) is 3.24. The Morgan fingerprint density at radius 2 is 0.968 bits per heavy atom. The summed E-state index contributed by atoms with van der Waals surface area (Å²) >= 11 is 0. The normalized spacial score (nSPS) is 15.5. The lowest BCUT2D eigenvalue weighted by atomic mass is 10.0. The molecule has 6 N–H and O–H groups in total. The van der Waals surface area contributed by atoms with Crippen molar-refractivity contribution in [1.29, 1.82) is 0 Å². The standard InChI is InChI=1S/C46H82O15P2/c1-3-5-7-9-11-13-15-17-18-19-20-21-23-25-27-29-31-35-45(50)57-39-42(40-60-63(55,56)59-38-41(47)37-58-62(52,53)54)61-46(51)36-32-34-44(49)43(48)33-30-28-26-24-22-16-14-12-10-8-6-4-2/h11-14,17-18,22,24,28,30,41-44,47-49H,3-10,15-16,19-21,23,25-27,29,31-40H2,1-2H3,(H,55,56)(H2,52,53,54)/b13-11-,14-12-,18-17-,24-22-,30-28-/t41-,42+,43?,44?/m0/s1. The lowest BCUT2D eigenvalue weighted by molar-refractivity contribution is -0.161. The predicted octanol–water partition coefficient (Wildman–Crippen LogP) is 9.95. The molecule has 17 heteroatoms. The van der Waals surface area contributed by atoms with Gasteiger partial charge in [-0.05, 0) is 83.5 Å². The third-order valence-corrected chi connectivity index (χ3v) is 11.0. The van der Waals surface area contributed by atoms with Crippen molar-refractivity contribution >= 4 is 27.6 Å². The van der Waals surface area contributed by atoms with Crippen LogP contribution in [0.3, 0.4) is 0 Å². The third-order valence-electron chi connectivity index (χ3n) is 9.57. The van der Waals surface area contributed by atoms with E-state index in [-0.39, 0.29) is 32.1 Å². The summed E-state index contributed by atoms with van der Waals surface area (Å²) in [5.41, 5.74) is 0. The van der Waals surface area contributed by atoms with Gasteiger partial charge >= 0.3 is 27.6 Å². The topological polar surface area (TPSA) is 236 Å². The van der Waals surface area contributed by atoms with Crippen molar-refractivity contribution in [2.75, 3.05) is 26.4 Å². The van der Waals surface area contributed by atoms with E-state index >= 15 is 0 Å². The molecule has 0 saturated heterocycles. The van der Waals surface area contributed by atoms with Crippen LogP contribution in [0.25, 0.3) is 0 Å². The van der Waals surface area contributed by atoms with E-state index in [0.29, 0.717) is 12.8 Å². The SMILES string of the molecule is CCCCC/C=C\C/C=C\C/C=C\CC(O)C(O)CCCC(=O)O[C@H](COC(=O)CCCCCCCCC/C=C\C/C=C\CCCCC)COP(=O)(O)OC[C@@H](O)COP(=O)(O)O. The number of aliphatic hydroxyl groups excluding tert-OH is 3. The minimum absolute atomic E-state index is 0.0905. The molecule has 0 radical (unpaired) electrons. The van der Waals surface area contributed by atoms with Gasteiger partial charge in [-0.25, -0.2) is 9.13 Å². The number of rotatable bonds is 43. The van der Waals surface area contributed by atoms with E-state index in [0.717, 1.165) is 70.6 Å². The summed E-state index contributed by atoms with van der Waals surface area (Å²) < 4.78 is 47.6. The minimum Gasteiger partial charge on any atom is -0.462 e. The third kappa shape index (κ3) is 43.4. The lowest BCUT2D eigenvalue weighted by Gasteiger charge is -2.21. The molecule has 63 heavy (non-hydrogen) atoms. The molecule has 0 aromatic carbocycles. The highest BCUT2D eigenvalue weighted by Gasteiger charge is 2.28. The van der Waals surface area contributed by atoms with Crippen LogP contribution < -0.4 is 0 Å². The molecule has 0 fully saturated rings. The summed E-state index contributed by atoms with van der Waals surface area (Å²) in [7, 11) is -9.80. The number of carbonyl (C=O) groups is 2. The minimum atomic E-state index is -4.90. The van der Waals surface area contributed by atoms with E-state index in [9.17, 15) is 38.9 Å². The van der Waals surface area contributed by atoms with Crippen LogP contribution in [0.2, 0.25) is 0 Å². The first kappa shape index (κ1) is 60.7. The number of hydrogen-bond donors (Lipinski definition) is 6. The number of phosphoric acid groups is 2. The number of phosphoric ester groups is 2. The maximum absolute atomic E-state index is 12.7. The van der Waals surface area contributed by atoms with Gasteiger partial charge in [0.15, 0.2) is 6.10 Å². The number of carbonyl (C=O) groups excluding carboxylic acids is 2. The highest BCUT2D eigenvalue weighted by atomic mass is 31.2. The van der Waals surface area contributed by atoms with Crippen LogP contribution in [0.15, 0.2) is 60.8 Å². The zero-order chi connectivity index (χ0) is 46.9. The Labute approximate surface area is 377 Å². The number of ether oxygens (including phenoxy) is 2. The Morgan fingerprint density at radius 3 is 1.52 bits per heavy atom. The second-order valence-corrected chi connectivity index (χ2v) is 18.3. The largest absolute Gasteiger partial charge is 0.472 e. The predicted molar refractivity (Wildman–Crippen MR) is 246 cm³/mol. The monoisotopic (exact) mass is 937 g/mol. The number of allylic oxidation sites excluding steroid dienone is 9. The van der Waals surface area contributed by atoms with Crippen molar-refractivity contribution in [2.45, 2.75) is 192 Å². The van der Waals surface area contributed by atoms with Gasteiger partial charge in [0.1, 0.15) is 12.7 Å². The summed E-state index contributed by atoms with van der Waals surface area (Å²) in [5.74, 6) is -1.33. The van der Waals surface area contributed by atoms with Gasteiger partial charge in [-0.2, -0.15) is 0 Å². The molecule has 0 bridgehead atoms. The Morgan fingerprint density at radius 1 is 0.508 bits per heavy atom. The number of aliphatic hydroxyl groups is 3. The van der Waals surface area contributed by atoms with E-state index in [1.165, 1.54) is 38.5 Å². The van der Waals surface area contributed by atoms with E-state index in [1.807, 2.05) is 12.2 Å². The van der Waals surface area contributed by atoms with Gasteiger partial charge in [-0.1, -0.05) is 132 Å². The Hall–Kier alpha value is -2.26. The zero-order valence-corrected chi connectivity index (χ0v) is 39.9. The fourth-order valence-electron chi connectivity index (χ4n) is 5.89. The second kappa shape index (κ2) is 41.2. The molecule has 0 aliphatic heterocycles. The number of hydrogen-bond acceptors (Lipinski definition) is 12. The Kier molecular flexibility index (Phi) is 39.7. The molecular weight excluding hydrogens is 854 g/mol. The van der Waals surface area contributed by atoms with Crippen molar-refractivity contribution in [3.63, 3.8) is 0 Å². The van der Waals surface area contributed by atoms with Gasteiger partial charge in [0.25, 0.3) is 0 Å². The van der Waals surface area contributed by atoms with Gasteiger partial charge in [0, 0.05) is 12.8 Å². The molecule has 0 spiro atoms. The summed E-state index contributed by atoms with van der Waals surface area (Å²) in [4.78, 5) is 52.8. The molecule has 5 atom stereocenters. The van der Waals surface area contributed by atoms with Crippen LogP contribution in [-0.4, -0.2) is 92.8 Å². The van der Waals surface area contributed by atoms with E-state index in [4.69, 9.17) is 23.8 Å². The fourth-order valence-corrected chi connectivity index (χ4v) is 7.05. The second-order valence-electron chi connectivity index (χ2n) is 15.6. The van der Waals surface area contributed by atoms with Crippen molar-refractivity contribution in [2.24, 2.45) is 0 Å². The molecule has 366 valence electrons. The molecule has 0 rings (SSSR count). The van der Waals surface area contributed by atoms with Gasteiger partial charge in [-0.3, -0.25) is 23.2 Å². The van der Waals surface area contributed by atoms with Crippen molar-refractivity contribution in [1.82, 2.24) is 0 Å². The summed E-state index contributed by atoms with van der Waals surface area (Å²) in [6.45, 7) is 1.37. The van der Waals surface area contributed by atoms with E-state index in [1.54, 1.807) is 6.08 Å². The van der Waals surface area contributed by atoms with E-state index in [2.05, 4.69) is 65.4 Å². The fraction of sp³-hybridized carbons (Fsp3) is 0.739. The molecule has 15 nitrogen and oxygen atoms in total. The van der Waals surface area contributed by atoms with Gasteiger partial charge in [0.2, 0.25) is 0 Å². The van der Waals surface area contributed by atoms with Crippen molar-refractivity contribution in [3.05, 3.63) is 60.8 Å². The first-order valence-electron chi connectivity index (χ1n) is 23.1. The summed E-state index contributed by atoms with van der Waals surface area (Å²) in [5, 5.41) is 30.5. The molecule has 0 saturated carbocycles. The van der Waals surface area contributed by atoms with Crippen molar-refractivity contribution < 1.29 is 71.8 Å². The highest BCUT2D eigenvalue weighted by Crippen LogP contribution is 2.43. The van der Waals surface area contributed by atoms with E-state index < -0.39 is 78.4 Å². The molecule has 0 aromatic rings. The molecule has 0 amide bonds. The lowest BCUT2D eigenvalue weighted by Crippen LogP contribution is -2.30. The Balaban J connectivity index is 4.74. The molecule has 0 aromatic heterocycles. The Bertz CT molecular complexity index is 1380. The van der Waals surface area contributed by atoms with Crippen LogP contribution in [0.5, 0.6) is 0 Å². The molecule has 0 aliphatic carbocycles. The van der Waals surface area contributed by atoms with Gasteiger partial charge < -0.3 is 39.5 Å². The summed E-state index contributed by atoms with van der Waals surface area (Å²) in [6.07, 6.45) is 36.5. The van der Waals surface area contributed by atoms with Crippen LogP contribution in [-0.2, 0) is 41.8 Å².